The van der Waals surface area contributed by atoms with Gasteiger partial charge in [-0.3, -0.25) is 4.79 Å². The summed E-state index contributed by atoms with van der Waals surface area (Å²) in [6.45, 7) is 1.22. The van der Waals surface area contributed by atoms with Gasteiger partial charge in [0, 0.05) is 30.2 Å². The molecular weight excluding hydrogens is 328 g/mol. The number of hydrogen-bond donors (Lipinski definition) is 2. The summed E-state index contributed by atoms with van der Waals surface area (Å²) in [5.41, 5.74) is 1.80. The number of carbonyl (C=O) groups is 1. The van der Waals surface area contributed by atoms with Gasteiger partial charge in [-0.05, 0) is 42.0 Å². The van der Waals surface area contributed by atoms with E-state index in [4.69, 9.17) is 21.1 Å². The van der Waals surface area contributed by atoms with Crippen LogP contribution in [0.5, 0.6) is 11.5 Å². The van der Waals surface area contributed by atoms with Crippen molar-refractivity contribution in [2.24, 2.45) is 0 Å². The van der Waals surface area contributed by atoms with Crippen molar-refractivity contribution >= 4 is 23.2 Å². The predicted molar refractivity (Wildman–Crippen MR) is 96.0 cm³/mol. The average Bonchev–Trinajstić information content (AvgIpc) is 2.60. The van der Waals surface area contributed by atoms with Crippen molar-refractivity contribution in [2.75, 3.05) is 26.1 Å². The van der Waals surface area contributed by atoms with Crippen molar-refractivity contribution in [3.63, 3.8) is 0 Å². The third-order valence-corrected chi connectivity index (χ3v) is 3.69. The van der Waals surface area contributed by atoms with Crippen LogP contribution in [0.2, 0.25) is 5.02 Å². The Morgan fingerprint density at radius 1 is 1.04 bits per heavy atom. The van der Waals surface area contributed by atoms with Crippen molar-refractivity contribution in [1.29, 1.82) is 0 Å². The van der Waals surface area contributed by atoms with Gasteiger partial charge in [-0.1, -0.05) is 17.7 Å². The Bertz CT molecular complexity index is 674. The van der Waals surface area contributed by atoms with Crippen LogP contribution in [0.25, 0.3) is 0 Å². The second-order valence-corrected chi connectivity index (χ2v) is 5.61. The molecule has 0 unspecified atom stereocenters. The summed E-state index contributed by atoms with van der Waals surface area (Å²) in [7, 11) is 3.21. The lowest BCUT2D eigenvalue weighted by atomic mass is 10.2. The van der Waals surface area contributed by atoms with Crippen LogP contribution in [0.3, 0.4) is 0 Å². The molecule has 0 saturated heterocycles. The Kier molecular flexibility index (Phi) is 6.90. The molecule has 0 saturated carbocycles. The first kappa shape index (κ1) is 18.1. The van der Waals surface area contributed by atoms with Crippen LogP contribution >= 0.6 is 11.6 Å². The fourth-order valence-electron chi connectivity index (χ4n) is 2.18. The topological polar surface area (TPSA) is 59.6 Å². The molecule has 5 nitrogen and oxygen atoms in total. The first-order chi connectivity index (χ1) is 11.6. The minimum Gasteiger partial charge on any atom is -0.493 e. The van der Waals surface area contributed by atoms with Gasteiger partial charge in [0.15, 0.2) is 11.5 Å². The number of carbonyl (C=O) groups excluding carboxylic acids is 1. The molecule has 0 aliphatic heterocycles. The molecule has 2 aromatic rings. The van der Waals surface area contributed by atoms with Gasteiger partial charge in [0.2, 0.25) is 5.91 Å². The van der Waals surface area contributed by atoms with Gasteiger partial charge in [0.1, 0.15) is 0 Å². The van der Waals surface area contributed by atoms with Gasteiger partial charge >= 0.3 is 0 Å². The van der Waals surface area contributed by atoms with E-state index in [0.717, 1.165) is 11.3 Å². The second-order valence-electron chi connectivity index (χ2n) is 5.17. The normalized spacial score (nSPS) is 10.3. The number of ether oxygens (including phenoxy) is 2. The number of hydrogen-bond acceptors (Lipinski definition) is 4. The number of amides is 1. The summed E-state index contributed by atoms with van der Waals surface area (Å²) in [4.78, 5) is 11.9. The molecule has 0 heterocycles. The molecule has 0 aliphatic rings. The van der Waals surface area contributed by atoms with Gasteiger partial charge in [0.25, 0.3) is 0 Å². The third-order valence-electron chi connectivity index (χ3n) is 3.43. The minimum atomic E-state index is -0.0443. The van der Waals surface area contributed by atoms with Gasteiger partial charge in [-0.25, -0.2) is 0 Å². The molecule has 0 radical (unpaired) electrons. The van der Waals surface area contributed by atoms with Gasteiger partial charge < -0.3 is 20.1 Å². The summed E-state index contributed by atoms with van der Waals surface area (Å²) in [6, 6.07) is 12.8. The van der Waals surface area contributed by atoms with Crippen molar-refractivity contribution in [3.8, 4) is 11.5 Å². The zero-order chi connectivity index (χ0) is 17.4. The fourth-order valence-corrected chi connectivity index (χ4v) is 2.31. The molecular formula is C18H21ClN2O3. The number of anilines is 1. The number of nitrogens with one attached hydrogen (secondary N) is 2. The molecule has 0 aliphatic carbocycles. The zero-order valence-corrected chi connectivity index (χ0v) is 14.5. The van der Waals surface area contributed by atoms with Crippen LogP contribution in [0.1, 0.15) is 12.0 Å². The van der Waals surface area contributed by atoms with Crippen LogP contribution in [0.4, 0.5) is 5.69 Å². The molecule has 0 fully saturated rings. The van der Waals surface area contributed by atoms with E-state index in [1.54, 1.807) is 38.5 Å². The van der Waals surface area contributed by atoms with Crippen LogP contribution in [-0.2, 0) is 11.3 Å². The first-order valence-electron chi connectivity index (χ1n) is 7.59. The number of benzene rings is 2. The van der Waals surface area contributed by atoms with Crippen LogP contribution in [-0.4, -0.2) is 26.7 Å². The van der Waals surface area contributed by atoms with E-state index in [-0.39, 0.29) is 5.91 Å². The number of rotatable bonds is 8. The van der Waals surface area contributed by atoms with Gasteiger partial charge in [-0.2, -0.15) is 0 Å². The Morgan fingerprint density at radius 2 is 1.75 bits per heavy atom. The van der Waals surface area contributed by atoms with Gasteiger partial charge in [-0.15, -0.1) is 0 Å². The number of halogens is 1. The summed E-state index contributed by atoms with van der Waals surface area (Å²) in [5.74, 6) is 1.35. The van der Waals surface area contributed by atoms with Gasteiger partial charge in [0.05, 0.1) is 14.2 Å². The van der Waals surface area contributed by atoms with E-state index in [1.807, 2.05) is 18.2 Å². The molecule has 2 aromatic carbocycles. The predicted octanol–water partition coefficient (Wildman–Crippen LogP) is 3.48. The molecule has 24 heavy (non-hydrogen) atoms. The fraction of sp³-hybridized carbons (Fsp3) is 0.278. The van der Waals surface area contributed by atoms with Crippen molar-refractivity contribution in [3.05, 3.63) is 53.1 Å². The number of methoxy groups -OCH3 is 2. The molecule has 6 heteroatoms. The van der Waals surface area contributed by atoms with E-state index in [9.17, 15) is 4.79 Å². The monoisotopic (exact) mass is 348 g/mol. The standard InChI is InChI=1S/C18H21ClN2O3/c1-23-16-8-3-13(11-17(16)24-2)12-20-10-9-18(22)21-15-6-4-14(19)5-7-15/h3-8,11,20H,9-10,12H2,1-2H3,(H,21,22). The van der Waals surface area contributed by atoms with E-state index in [2.05, 4.69) is 10.6 Å². The van der Waals surface area contributed by atoms with E-state index in [0.29, 0.717) is 36.0 Å². The summed E-state index contributed by atoms with van der Waals surface area (Å²) < 4.78 is 10.5. The maximum Gasteiger partial charge on any atom is 0.225 e. The summed E-state index contributed by atoms with van der Waals surface area (Å²) >= 11 is 5.81. The molecule has 0 bridgehead atoms. The highest BCUT2D eigenvalue weighted by molar-refractivity contribution is 6.30. The molecule has 2 rings (SSSR count). The molecule has 2 N–H and O–H groups in total. The molecule has 0 spiro atoms. The van der Waals surface area contributed by atoms with Crippen LogP contribution < -0.4 is 20.1 Å². The largest absolute Gasteiger partial charge is 0.493 e. The Labute approximate surface area is 146 Å². The van der Waals surface area contributed by atoms with E-state index < -0.39 is 0 Å². The van der Waals surface area contributed by atoms with Crippen molar-refractivity contribution < 1.29 is 14.3 Å². The zero-order valence-electron chi connectivity index (χ0n) is 13.8. The highest BCUT2D eigenvalue weighted by Crippen LogP contribution is 2.27. The van der Waals surface area contributed by atoms with E-state index >= 15 is 0 Å². The summed E-state index contributed by atoms with van der Waals surface area (Å²) in [6.07, 6.45) is 0.385. The smallest absolute Gasteiger partial charge is 0.225 e. The van der Waals surface area contributed by atoms with Crippen LogP contribution in [0.15, 0.2) is 42.5 Å². The quantitative estimate of drug-likeness (QED) is 0.717. The highest BCUT2D eigenvalue weighted by Gasteiger charge is 2.05. The lowest BCUT2D eigenvalue weighted by molar-refractivity contribution is -0.116. The first-order valence-corrected chi connectivity index (χ1v) is 7.97. The summed E-state index contributed by atoms with van der Waals surface area (Å²) in [5, 5.41) is 6.71. The lowest BCUT2D eigenvalue weighted by Crippen LogP contribution is -2.21. The highest BCUT2D eigenvalue weighted by atomic mass is 35.5. The second kappa shape index (κ2) is 9.15. The van der Waals surface area contributed by atoms with Crippen LogP contribution in [0, 0.1) is 0 Å². The maximum atomic E-state index is 11.9. The Hall–Kier alpha value is -2.24. The molecule has 128 valence electrons. The van der Waals surface area contributed by atoms with E-state index in [1.165, 1.54) is 0 Å². The Morgan fingerprint density at radius 3 is 2.42 bits per heavy atom. The third kappa shape index (κ3) is 5.44. The maximum absolute atomic E-state index is 11.9. The minimum absolute atomic E-state index is 0.0443. The molecule has 0 atom stereocenters. The molecule has 1 amide bonds. The Balaban J connectivity index is 1.74. The van der Waals surface area contributed by atoms with Crippen molar-refractivity contribution in [2.45, 2.75) is 13.0 Å². The van der Waals surface area contributed by atoms with Crippen molar-refractivity contribution in [1.82, 2.24) is 5.32 Å². The average molecular weight is 349 g/mol. The lowest BCUT2D eigenvalue weighted by Gasteiger charge is -2.10. The molecule has 0 aromatic heterocycles. The SMILES string of the molecule is COc1ccc(CNCCC(=O)Nc2ccc(Cl)cc2)cc1OC.